The molecule has 0 atom stereocenters. The number of hydrogen-bond donors (Lipinski definition) is 1. The molecule has 1 aromatic rings. The Bertz CT molecular complexity index is 322. The van der Waals surface area contributed by atoms with Crippen LogP contribution in [0, 0.1) is 5.92 Å². The summed E-state index contributed by atoms with van der Waals surface area (Å²) in [6.45, 7) is 4.72. The molecule has 1 aliphatic rings. The number of ether oxygens (including phenoxy) is 1. The Hall–Kier alpha value is -1.16. The molecule has 1 saturated carbocycles. The van der Waals surface area contributed by atoms with Crippen LogP contribution in [0.1, 0.15) is 38.3 Å². The zero-order chi connectivity index (χ0) is 11.9. The van der Waals surface area contributed by atoms with Crippen molar-refractivity contribution in [3.8, 4) is 5.88 Å². The summed E-state index contributed by atoms with van der Waals surface area (Å²) in [5.41, 5.74) is 0.966. The Balaban J connectivity index is 1.68. The summed E-state index contributed by atoms with van der Waals surface area (Å²) in [5, 5.41) is 3.29. The van der Waals surface area contributed by atoms with Gasteiger partial charge in [-0.3, -0.25) is 4.98 Å². The molecule has 4 heteroatoms. The standard InChI is InChI=1S/C13H21N3O/c1-2-6-14-8-12-9-16-13(10-15-12)17-7-5-11-3-4-11/h9-11,14H,2-8H2,1H3. The Morgan fingerprint density at radius 1 is 1.35 bits per heavy atom. The quantitative estimate of drug-likeness (QED) is 0.701. The normalized spacial score (nSPS) is 14.9. The average Bonchev–Trinajstić information content (AvgIpc) is 3.16. The lowest BCUT2D eigenvalue weighted by molar-refractivity contribution is 0.289. The van der Waals surface area contributed by atoms with Gasteiger partial charge in [0, 0.05) is 6.54 Å². The van der Waals surface area contributed by atoms with E-state index in [0.717, 1.165) is 44.1 Å². The van der Waals surface area contributed by atoms with E-state index in [-0.39, 0.29) is 0 Å². The third-order valence-electron chi connectivity index (χ3n) is 2.89. The van der Waals surface area contributed by atoms with Crippen molar-refractivity contribution in [2.45, 2.75) is 39.2 Å². The topological polar surface area (TPSA) is 47.0 Å². The molecular weight excluding hydrogens is 214 g/mol. The second-order valence-corrected chi connectivity index (χ2v) is 4.60. The first-order chi connectivity index (χ1) is 8.38. The molecule has 0 amide bonds. The molecule has 0 radical (unpaired) electrons. The smallest absolute Gasteiger partial charge is 0.232 e. The minimum atomic E-state index is 0.643. The summed E-state index contributed by atoms with van der Waals surface area (Å²) in [6.07, 6.45) is 8.54. The summed E-state index contributed by atoms with van der Waals surface area (Å²) in [4.78, 5) is 8.56. The highest BCUT2D eigenvalue weighted by Crippen LogP contribution is 2.32. The molecule has 1 aromatic heterocycles. The molecule has 2 rings (SSSR count). The number of hydrogen-bond acceptors (Lipinski definition) is 4. The van der Waals surface area contributed by atoms with Crippen molar-refractivity contribution in [3.63, 3.8) is 0 Å². The zero-order valence-corrected chi connectivity index (χ0v) is 10.5. The van der Waals surface area contributed by atoms with E-state index in [4.69, 9.17) is 4.74 Å². The van der Waals surface area contributed by atoms with E-state index in [1.807, 2.05) is 0 Å². The van der Waals surface area contributed by atoms with Crippen molar-refractivity contribution >= 4 is 0 Å². The minimum absolute atomic E-state index is 0.643. The predicted molar refractivity (Wildman–Crippen MR) is 66.9 cm³/mol. The van der Waals surface area contributed by atoms with Crippen LogP contribution in [0.4, 0.5) is 0 Å². The van der Waals surface area contributed by atoms with Crippen molar-refractivity contribution in [2.24, 2.45) is 5.92 Å². The van der Waals surface area contributed by atoms with Crippen molar-refractivity contribution in [1.82, 2.24) is 15.3 Å². The van der Waals surface area contributed by atoms with Gasteiger partial charge in [0.2, 0.25) is 5.88 Å². The van der Waals surface area contributed by atoms with E-state index in [1.165, 1.54) is 12.8 Å². The lowest BCUT2D eigenvalue weighted by atomic mass is 10.3. The van der Waals surface area contributed by atoms with Crippen LogP contribution in [0.25, 0.3) is 0 Å². The van der Waals surface area contributed by atoms with Crippen LogP contribution in [-0.2, 0) is 6.54 Å². The van der Waals surface area contributed by atoms with Crippen molar-refractivity contribution in [3.05, 3.63) is 18.1 Å². The van der Waals surface area contributed by atoms with Gasteiger partial charge in [0.25, 0.3) is 0 Å². The van der Waals surface area contributed by atoms with Gasteiger partial charge in [-0.15, -0.1) is 0 Å². The van der Waals surface area contributed by atoms with Gasteiger partial charge in [0.1, 0.15) is 0 Å². The van der Waals surface area contributed by atoms with Gasteiger partial charge in [0.15, 0.2) is 0 Å². The molecule has 0 aromatic carbocycles. The molecule has 0 saturated heterocycles. The van der Waals surface area contributed by atoms with E-state index in [1.54, 1.807) is 12.4 Å². The predicted octanol–water partition coefficient (Wildman–Crippen LogP) is 2.16. The van der Waals surface area contributed by atoms with Crippen LogP contribution in [0.3, 0.4) is 0 Å². The van der Waals surface area contributed by atoms with Crippen LogP contribution >= 0.6 is 0 Å². The van der Waals surface area contributed by atoms with Crippen molar-refractivity contribution in [1.29, 1.82) is 0 Å². The first kappa shape index (κ1) is 12.3. The molecule has 17 heavy (non-hydrogen) atoms. The highest BCUT2D eigenvalue weighted by atomic mass is 16.5. The maximum Gasteiger partial charge on any atom is 0.232 e. The van der Waals surface area contributed by atoms with Crippen molar-refractivity contribution in [2.75, 3.05) is 13.2 Å². The summed E-state index contributed by atoms with van der Waals surface area (Å²) in [5.74, 6) is 1.55. The average molecular weight is 235 g/mol. The molecule has 1 N–H and O–H groups in total. The highest BCUT2D eigenvalue weighted by molar-refractivity contribution is 5.07. The molecule has 0 spiro atoms. The molecule has 1 fully saturated rings. The summed E-state index contributed by atoms with van der Waals surface area (Å²) in [7, 11) is 0. The van der Waals surface area contributed by atoms with Gasteiger partial charge in [-0.1, -0.05) is 19.8 Å². The highest BCUT2D eigenvalue weighted by Gasteiger charge is 2.20. The Morgan fingerprint density at radius 2 is 2.24 bits per heavy atom. The van der Waals surface area contributed by atoms with Gasteiger partial charge in [-0.25, -0.2) is 4.98 Å². The fourth-order valence-electron chi connectivity index (χ4n) is 1.64. The molecule has 1 heterocycles. The van der Waals surface area contributed by atoms with E-state index >= 15 is 0 Å². The maximum absolute atomic E-state index is 5.54. The van der Waals surface area contributed by atoms with E-state index in [9.17, 15) is 0 Å². The molecular formula is C13H21N3O. The molecule has 0 aliphatic heterocycles. The number of aromatic nitrogens is 2. The molecule has 4 nitrogen and oxygen atoms in total. The van der Waals surface area contributed by atoms with E-state index in [2.05, 4.69) is 22.2 Å². The Kier molecular flexibility index (Phi) is 4.74. The van der Waals surface area contributed by atoms with Crippen LogP contribution in [0.5, 0.6) is 5.88 Å². The van der Waals surface area contributed by atoms with Gasteiger partial charge in [-0.2, -0.15) is 0 Å². The SMILES string of the molecule is CCCNCc1cnc(OCCC2CC2)cn1. The van der Waals surface area contributed by atoms with Crippen molar-refractivity contribution < 1.29 is 4.74 Å². The van der Waals surface area contributed by atoms with E-state index < -0.39 is 0 Å². The van der Waals surface area contributed by atoms with Crippen LogP contribution < -0.4 is 10.1 Å². The molecule has 0 unspecified atom stereocenters. The van der Waals surface area contributed by atoms with Gasteiger partial charge < -0.3 is 10.1 Å². The number of nitrogens with zero attached hydrogens (tertiary/aromatic N) is 2. The Labute approximate surface area is 103 Å². The van der Waals surface area contributed by atoms with Crippen LogP contribution in [0.15, 0.2) is 12.4 Å². The minimum Gasteiger partial charge on any atom is -0.477 e. The second kappa shape index (κ2) is 6.55. The molecule has 1 aliphatic carbocycles. The molecule has 0 bridgehead atoms. The van der Waals surface area contributed by atoms with Gasteiger partial charge in [-0.05, 0) is 25.3 Å². The number of rotatable bonds is 8. The summed E-state index contributed by atoms with van der Waals surface area (Å²) in [6, 6.07) is 0. The summed E-state index contributed by atoms with van der Waals surface area (Å²) >= 11 is 0. The first-order valence-electron chi connectivity index (χ1n) is 6.53. The fraction of sp³-hybridized carbons (Fsp3) is 0.692. The molecule has 94 valence electrons. The van der Waals surface area contributed by atoms with Crippen LogP contribution in [-0.4, -0.2) is 23.1 Å². The monoisotopic (exact) mass is 235 g/mol. The van der Waals surface area contributed by atoms with Crippen LogP contribution in [0.2, 0.25) is 0 Å². The number of nitrogens with one attached hydrogen (secondary N) is 1. The summed E-state index contributed by atoms with van der Waals surface area (Å²) < 4.78 is 5.54. The maximum atomic E-state index is 5.54. The lowest BCUT2D eigenvalue weighted by Crippen LogP contribution is -2.15. The second-order valence-electron chi connectivity index (χ2n) is 4.60. The zero-order valence-electron chi connectivity index (χ0n) is 10.5. The largest absolute Gasteiger partial charge is 0.477 e. The first-order valence-corrected chi connectivity index (χ1v) is 6.53. The van der Waals surface area contributed by atoms with Gasteiger partial charge in [0.05, 0.1) is 24.7 Å². The fourth-order valence-corrected chi connectivity index (χ4v) is 1.64. The third-order valence-corrected chi connectivity index (χ3v) is 2.89. The van der Waals surface area contributed by atoms with Gasteiger partial charge >= 0.3 is 0 Å². The lowest BCUT2D eigenvalue weighted by Gasteiger charge is -2.05. The third kappa shape index (κ3) is 4.69. The Morgan fingerprint density at radius 3 is 2.88 bits per heavy atom. The van der Waals surface area contributed by atoms with E-state index in [0.29, 0.717) is 5.88 Å².